The van der Waals surface area contributed by atoms with E-state index in [1.807, 2.05) is 31.3 Å². The average Bonchev–Trinajstić information content (AvgIpc) is 2.40. The highest BCUT2D eigenvalue weighted by molar-refractivity contribution is 5.64. The van der Waals surface area contributed by atoms with Crippen molar-refractivity contribution in [2.75, 3.05) is 7.11 Å². The number of aromatic nitrogens is 1. The molecule has 62 valence electrons. The van der Waals surface area contributed by atoms with Gasteiger partial charge < -0.3 is 9.14 Å². The molecule has 0 amide bonds. The number of nitrogens with zero attached hydrogens (tertiary/aromatic N) is 1. The maximum absolute atomic E-state index is 5.28. The van der Waals surface area contributed by atoms with Crippen LogP contribution in [0.4, 0.5) is 0 Å². The first kappa shape index (κ1) is 7.22. The number of pyridine rings is 1. The largest absolute Gasteiger partial charge is 0.494 e. The van der Waals surface area contributed by atoms with Gasteiger partial charge in [0.15, 0.2) is 0 Å². The first-order valence-electron chi connectivity index (χ1n) is 3.93. The Kier molecular flexibility index (Phi) is 1.54. The predicted octanol–water partition coefficient (Wildman–Crippen LogP) is 2.26. The zero-order valence-corrected chi connectivity index (χ0v) is 7.24. The van der Waals surface area contributed by atoms with Crippen molar-refractivity contribution in [3.05, 3.63) is 36.2 Å². The van der Waals surface area contributed by atoms with E-state index in [9.17, 15) is 0 Å². The second kappa shape index (κ2) is 2.55. The molecule has 2 heterocycles. The third kappa shape index (κ3) is 0.881. The number of methoxy groups -OCH3 is 1. The molecule has 0 atom stereocenters. The Morgan fingerprint density at radius 1 is 1.33 bits per heavy atom. The summed E-state index contributed by atoms with van der Waals surface area (Å²) in [5.74, 6) is 0.968. The summed E-state index contributed by atoms with van der Waals surface area (Å²) >= 11 is 0. The van der Waals surface area contributed by atoms with Crippen LogP contribution in [0.5, 0.6) is 5.75 Å². The molecule has 0 N–H and O–H groups in total. The fourth-order valence-corrected chi connectivity index (χ4v) is 1.50. The van der Waals surface area contributed by atoms with Crippen molar-refractivity contribution in [2.45, 2.75) is 6.92 Å². The minimum absolute atomic E-state index is 0.968. The first-order valence-corrected chi connectivity index (χ1v) is 3.93. The van der Waals surface area contributed by atoms with Crippen molar-refractivity contribution in [1.82, 2.24) is 4.40 Å². The Hall–Kier alpha value is -1.44. The van der Waals surface area contributed by atoms with E-state index in [-0.39, 0.29) is 0 Å². The van der Waals surface area contributed by atoms with Gasteiger partial charge in [0, 0.05) is 18.0 Å². The van der Waals surface area contributed by atoms with Crippen molar-refractivity contribution >= 4 is 5.52 Å². The van der Waals surface area contributed by atoms with E-state index in [1.54, 1.807) is 7.11 Å². The lowest BCUT2D eigenvalue weighted by molar-refractivity contribution is 0.417. The monoisotopic (exact) mass is 161 g/mol. The molecule has 0 fully saturated rings. The molecule has 2 nitrogen and oxygen atoms in total. The van der Waals surface area contributed by atoms with Crippen LogP contribution < -0.4 is 4.74 Å². The lowest BCUT2D eigenvalue weighted by Gasteiger charge is -1.98. The fraction of sp³-hybridized carbons (Fsp3) is 0.200. The van der Waals surface area contributed by atoms with E-state index in [2.05, 4.69) is 10.6 Å². The van der Waals surface area contributed by atoms with E-state index < -0.39 is 0 Å². The van der Waals surface area contributed by atoms with Crippen LogP contribution in [0, 0.1) is 6.92 Å². The molecule has 0 unspecified atom stereocenters. The topological polar surface area (TPSA) is 13.6 Å². The van der Waals surface area contributed by atoms with E-state index >= 15 is 0 Å². The molecule has 0 saturated carbocycles. The van der Waals surface area contributed by atoms with Crippen LogP contribution in [0.2, 0.25) is 0 Å². The molecule has 0 spiro atoms. The highest BCUT2D eigenvalue weighted by Crippen LogP contribution is 2.25. The van der Waals surface area contributed by atoms with Crippen LogP contribution >= 0.6 is 0 Å². The molecule has 0 aliphatic heterocycles. The van der Waals surface area contributed by atoms with Crippen LogP contribution in [0.3, 0.4) is 0 Å². The zero-order chi connectivity index (χ0) is 8.55. The smallest absolute Gasteiger partial charge is 0.147 e. The number of ether oxygens (including phenoxy) is 1. The SMILES string of the molecule is COc1c(C)cn2ccccc12. The molecule has 0 bridgehead atoms. The lowest BCUT2D eigenvalue weighted by atomic mass is 10.3. The van der Waals surface area contributed by atoms with Gasteiger partial charge in [-0.1, -0.05) is 6.07 Å². The lowest BCUT2D eigenvalue weighted by Crippen LogP contribution is -1.83. The quantitative estimate of drug-likeness (QED) is 0.625. The molecule has 0 radical (unpaired) electrons. The van der Waals surface area contributed by atoms with Crippen LogP contribution in [0.25, 0.3) is 5.52 Å². The zero-order valence-electron chi connectivity index (χ0n) is 7.24. The summed E-state index contributed by atoms with van der Waals surface area (Å²) < 4.78 is 7.34. The number of fused-ring (bicyclic) bond motifs is 1. The van der Waals surface area contributed by atoms with Crippen LogP contribution in [-0.4, -0.2) is 11.5 Å². The second-order valence-corrected chi connectivity index (χ2v) is 2.84. The molecule has 0 aromatic carbocycles. The third-order valence-electron chi connectivity index (χ3n) is 2.02. The molecular weight excluding hydrogens is 150 g/mol. The van der Waals surface area contributed by atoms with Gasteiger partial charge >= 0.3 is 0 Å². The van der Waals surface area contributed by atoms with Crippen molar-refractivity contribution in [2.24, 2.45) is 0 Å². The summed E-state index contributed by atoms with van der Waals surface area (Å²) in [5.41, 5.74) is 2.29. The van der Waals surface area contributed by atoms with Crippen LogP contribution in [0.1, 0.15) is 5.56 Å². The van der Waals surface area contributed by atoms with Gasteiger partial charge in [0.2, 0.25) is 0 Å². The Morgan fingerprint density at radius 2 is 2.17 bits per heavy atom. The molecule has 2 heteroatoms. The van der Waals surface area contributed by atoms with E-state index in [0.717, 1.165) is 11.3 Å². The number of aryl methyl sites for hydroxylation is 1. The second-order valence-electron chi connectivity index (χ2n) is 2.84. The Balaban J connectivity index is 2.81. The van der Waals surface area contributed by atoms with E-state index in [0.29, 0.717) is 0 Å². The van der Waals surface area contributed by atoms with Gasteiger partial charge in [-0.15, -0.1) is 0 Å². The number of hydrogen-bond donors (Lipinski definition) is 0. The standard InChI is InChI=1S/C10H11NO/c1-8-7-11-6-4-3-5-9(11)10(8)12-2/h3-7H,1-2H3. The summed E-state index contributed by atoms with van der Waals surface area (Å²) in [6.07, 6.45) is 4.08. The highest BCUT2D eigenvalue weighted by atomic mass is 16.5. The van der Waals surface area contributed by atoms with Gasteiger partial charge in [0.05, 0.1) is 12.6 Å². The number of rotatable bonds is 1. The molecule has 2 aromatic rings. The van der Waals surface area contributed by atoms with Crippen molar-refractivity contribution in [3.63, 3.8) is 0 Å². The Labute approximate surface area is 71.4 Å². The van der Waals surface area contributed by atoms with E-state index in [1.165, 1.54) is 5.56 Å². The summed E-state index contributed by atoms with van der Waals surface area (Å²) in [7, 11) is 1.70. The van der Waals surface area contributed by atoms with Gasteiger partial charge in [-0.25, -0.2) is 0 Å². The van der Waals surface area contributed by atoms with Gasteiger partial charge in [-0.2, -0.15) is 0 Å². The van der Waals surface area contributed by atoms with Gasteiger partial charge in [-0.05, 0) is 19.1 Å². The normalized spacial score (nSPS) is 10.5. The number of hydrogen-bond acceptors (Lipinski definition) is 1. The first-order chi connectivity index (χ1) is 5.83. The summed E-state index contributed by atoms with van der Waals surface area (Å²) in [6, 6.07) is 6.06. The van der Waals surface area contributed by atoms with Crippen LogP contribution in [-0.2, 0) is 0 Å². The van der Waals surface area contributed by atoms with E-state index in [4.69, 9.17) is 4.74 Å². The highest BCUT2D eigenvalue weighted by Gasteiger charge is 2.04. The van der Waals surface area contributed by atoms with Crippen LogP contribution in [0.15, 0.2) is 30.6 Å². The summed E-state index contributed by atoms with van der Waals surface area (Å²) in [4.78, 5) is 0. The minimum atomic E-state index is 0.968. The molecule has 0 saturated heterocycles. The Morgan fingerprint density at radius 3 is 2.92 bits per heavy atom. The maximum atomic E-state index is 5.28. The summed E-state index contributed by atoms with van der Waals surface area (Å²) in [6.45, 7) is 2.05. The fourth-order valence-electron chi connectivity index (χ4n) is 1.50. The summed E-state index contributed by atoms with van der Waals surface area (Å²) in [5, 5.41) is 0. The minimum Gasteiger partial charge on any atom is -0.494 e. The molecule has 2 rings (SSSR count). The van der Waals surface area contributed by atoms with Gasteiger partial charge in [0.25, 0.3) is 0 Å². The molecule has 0 aliphatic carbocycles. The molecule has 2 aromatic heterocycles. The van der Waals surface area contributed by atoms with Crippen molar-refractivity contribution in [3.8, 4) is 5.75 Å². The van der Waals surface area contributed by atoms with Gasteiger partial charge in [0.1, 0.15) is 5.75 Å². The maximum Gasteiger partial charge on any atom is 0.147 e. The predicted molar refractivity (Wildman–Crippen MR) is 48.7 cm³/mol. The Bertz CT molecular complexity index is 403. The molecule has 0 aliphatic rings. The third-order valence-corrected chi connectivity index (χ3v) is 2.02. The van der Waals surface area contributed by atoms with Crippen molar-refractivity contribution < 1.29 is 4.74 Å². The van der Waals surface area contributed by atoms with Gasteiger partial charge in [-0.3, -0.25) is 0 Å². The molecule has 12 heavy (non-hydrogen) atoms. The molecular formula is C10H11NO. The van der Waals surface area contributed by atoms with Crippen molar-refractivity contribution in [1.29, 1.82) is 0 Å². The average molecular weight is 161 g/mol.